The van der Waals surface area contributed by atoms with Gasteiger partial charge in [-0.25, -0.2) is 18.4 Å². The minimum atomic E-state index is -4.43. The molecule has 0 saturated carbocycles. The van der Waals surface area contributed by atoms with Crippen LogP contribution in [-0.2, 0) is 9.84 Å². The number of rotatable bonds is 4. The Labute approximate surface area is 155 Å². The average Bonchev–Trinajstić information content (AvgIpc) is 2.96. The first-order valence-electron chi connectivity index (χ1n) is 7.15. The van der Waals surface area contributed by atoms with Crippen molar-refractivity contribution in [3.8, 4) is 11.6 Å². The maximum Gasteiger partial charge on any atom is 0.446 e. The molecule has 0 spiro atoms. The first-order chi connectivity index (χ1) is 12.1. The maximum atomic E-state index is 12.5. The molecule has 0 radical (unpaired) electrons. The summed E-state index contributed by atoms with van der Waals surface area (Å²) in [6.45, 7) is 1.47. The number of aromatic nitrogens is 2. The summed E-state index contributed by atoms with van der Waals surface area (Å²) in [6.07, 6.45) is 0. The van der Waals surface area contributed by atoms with E-state index in [1.165, 1.54) is 37.3 Å². The molecule has 0 aliphatic carbocycles. The van der Waals surface area contributed by atoms with Crippen molar-refractivity contribution in [3.63, 3.8) is 0 Å². The first kappa shape index (κ1) is 19.0. The number of oxazole rings is 1. The van der Waals surface area contributed by atoms with Crippen LogP contribution in [0.15, 0.2) is 44.5 Å². The summed E-state index contributed by atoms with van der Waals surface area (Å²) in [4.78, 5) is 7.89. The van der Waals surface area contributed by atoms with E-state index in [4.69, 9.17) is 16.0 Å². The Balaban J connectivity index is 2.13. The van der Waals surface area contributed by atoms with Crippen molar-refractivity contribution in [1.29, 1.82) is 0 Å². The van der Waals surface area contributed by atoms with Gasteiger partial charge in [0.2, 0.25) is 5.89 Å². The number of sulfone groups is 1. The van der Waals surface area contributed by atoms with E-state index in [0.29, 0.717) is 0 Å². The predicted octanol–water partition coefficient (Wildman–Crippen LogP) is 4.95. The van der Waals surface area contributed by atoms with Gasteiger partial charge in [-0.05, 0) is 42.1 Å². The Morgan fingerprint density at radius 2 is 1.92 bits per heavy atom. The van der Waals surface area contributed by atoms with Gasteiger partial charge in [0.05, 0.1) is 10.6 Å². The van der Waals surface area contributed by atoms with E-state index < -0.39 is 15.3 Å². The summed E-state index contributed by atoms with van der Waals surface area (Å²) in [5.41, 5.74) is -4.17. The lowest BCUT2D eigenvalue weighted by Crippen LogP contribution is -2.07. The molecule has 0 aliphatic rings. The SMILES string of the molecule is CCS(=O)(=O)c1ccc(Cl)nc1-c1nc2cc(SC(F)(F)F)ccc2o1. The molecule has 0 amide bonds. The van der Waals surface area contributed by atoms with E-state index in [0.717, 1.165) is 0 Å². The molecule has 138 valence electrons. The fourth-order valence-electron chi connectivity index (χ4n) is 2.19. The third-order valence-corrected chi connectivity index (χ3v) is 6.03. The number of pyridine rings is 1. The van der Waals surface area contributed by atoms with Crippen molar-refractivity contribution in [2.24, 2.45) is 0 Å². The summed E-state index contributed by atoms with van der Waals surface area (Å²) in [5, 5.41) is 0.0330. The van der Waals surface area contributed by atoms with Crippen LogP contribution >= 0.6 is 23.4 Å². The van der Waals surface area contributed by atoms with E-state index in [1.807, 2.05) is 0 Å². The molecule has 11 heteroatoms. The molecule has 5 nitrogen and oxygen atoms in total. The average molecular weight is 423 g/mol. The Kier molecular flexibility index (Phi) is 4.93. The fourth-order valence-corrected chi connectivity index (χ4v) is 3.92. The number of thioether (sulfide) groups is 1. The van der Waals surface area contributed by atoms with Gasteiger partial charge >= 0.3 is 5.51 Å². The van der Waals surface area contributed by atoms with Gasteiger partial charge in [-0.15, -0.1) is 0 Å². The highest BCUT2D eigenvalue weighted by Crippen LogP contribution is 2.38. The Morgan fingerprint density at radius 1 is 1.19 bits per heavy atom. The van der Waals surface area contributed by atoms with Crippen LogP contribution in [0.4, 0.5) is 13.2 Å². The number of fused-ring (bicyclic) bond motifs is 1. The van der Waals surface area contributed by atoms with E-state index in [-0.39, 0.29) is 55.1 Å². The van der Waals surface area contributed by atoms with Crippen LogP contribution in [-0.4, -0.2) is 29.6 Å². The van der Waals surface area contributed by atoms with Crippen molar-refractivity contribution >= 4 is 44.3 Å². The molecular formula is C15H10ClF3N2O3S2. The summed E-state index contributed by atoms with van der Waals surface area (Å²) >= 11 is 5.57. The number of alkyl halides is 3. The molecule has 1 aromatic carbocycles. The highest BCUT2D eigenvalue weighted by Gasteiger charge is 2.29. The summed E-state index contributed by atoms with van der Waals surface area (Å²) < 4.78 is 67.5. The minimum Gasteiger partial charge on any atom is -0.435 e. The van der Waals surface area contributed by atoms with Crippen molar-refractivity contribution in [2.75, 3.05) is 5.75 Å². The van der Waals surface area contributed by atoms with Gasteiger partial charge in [-0.1, -0.05) is 18.5 Å². The van der Waals surface area contributed by atoms with Gasteiger partial charge in [0.15, 0.2) is 15.4 Å². The molecule has 2 heterocycles. The second-order valence-electron chi connectivity index (χ2n) is 5.08. The van der Waals surface area contributed by atoms with Crippen LogP contribution in [0.2, 0.25) is 5.15 Å². The fraction of sp³-hybridized carbons (Fsp3) is 0.200. The Hall–Kier alpha value is -1.78. The van der Waals surface area contributed by atoms with Crippen LogP contribution in [0.5, 0.6) is 0 Å². The molecule has 0 bridgehead atoms. The third kappa shape index (κ3) is 3.97. The molecule has 26 heavy (non-hydrogen) atoms. The molecule has 2 aromatic heterocycles. The lowest BCUT2D eigenvalue weighted by molar-refractivity contribution is -0.0328. The van der Waals surface area contributed by atoms with E-state index in [2.05, 4.69) is 9.97 Å². The van der Waals surface area contributed by atoms with Gasteiger partial charge in [0.25, 0.3) is 0 Å². The number of nitrogens with zero attached hydrogens (tertiary/aromatic N) is 2. The van der Waals surface area contributed by atoms with Crippen LogP contribution in [0.1, 0.15) is 6.92 Å². The molecule has 0 N–H and O–H groups in total. The summed E-state index contributed by atoms with van der Waals surface area (Å²) in [7, 11) is -3.64. The van der Waals surface area contributed by atoms with E-state index in [9.17, 15) is 21.6 Å². The molecule has 3 rings (SSSR count). The van der Waals surface area contributed by atoms with Crippen LogP contribution in [0.3, 0.4) is 0 Å². The molecule has 0 fully saturated rings. The van der Waals surface area contributed by atoms with E-state index >= 15 is 0 Å². The summed E-state index contributed by atoms with van der Waals surface area (Å²) in [6, 6.07) is 6.40. The zero-order chi connectivity index (χ0) is 19.1. The topological polar surface area (TPSA) is 73.1 Å². The Bertz CT molecular complexity index is 1080. The Morgan fingerprint density at radius 3 is 2.58 bits per heavy atom. The zero-order valence-corrected chi connectivity index (χ0v) is 15.4. The first-order valence-corrected chi connectivity index (χ1v) is 10.00. The lowest BCUT2D eigenvalue weighted by atomic mass is 10.3. The van der Waals surface area contributed by atoms with Crippen molar-refractivity contribution < 1.29 is 26.0 Å². The van der Waals surface area contributed by atoms with Crippen molar-refractivity contribution in [3.05, 3.63) is 35.5 Å². The molecular weight excluding hydrogens is 413 g/mol. The number of benzene rings is 1. The van der Waals surface area contributed by atoms with Crippen LogP contribution in [0.25, 0.3) is 22.7 Å². The highest BCUT2D eigenvalue weighted by atomic mass is 35.5. The lowest BCUT2D eigenvalue weighted by Gasteiger charge is -2.05. The third-order valence-electron chi connectivity index (χ3n) is 3.33. The zero-order valence-electron chi connectivity index (χ0n) is 13.0. The normalized spacial score (nSPS) is 12.7. The maximum absolute atomic E-state index is 12.5. The molecule has 0 aliphatic heterocycles. The predicted molar refractivity (Wildman–Crippen MR) is 91.9 cm³/mol. The minimum absolute atomic E-state index is 0.0330. The molecule has 0 saturated heterocycles. The van der Waals surface area contributed by atoms with Gasteiger partial charge < -0.3 is 4.42 Å². The number of halogens is 4. The second-order valence-corrected chi connectivity index (χ2v) is 8.85. The smallest absolute Gasteiger partial charge is 0.435 e. The molecule has 0 atom stereocenters. The van der Waals surface area contributed by atoms with Crippen molar-refractivity contribution in [1.82, 2.24) is 9.97 Å². The second kappa shape index (κ2) is 6.75. The van der Waals surface area contributed by atoms with E-state index in [1.54, 1.807) is 0 Å². The van der Waals surface area contributed by atoms with Crippen LogP contribution < -0.4 is 0 Å². The standard InChI is InChI=1S/C15H10ClF3N2O3S2/c1-2-26(22,23)11-5-6-12(16)21-13(11)14-20-9-7-8(25-15(17,18)19)3-4-10(9)24-14/h3-7H,2H2,1H3. The highest BCUT2D eigenvalue weighted by molar-refractivity contribution is 8.00. The van der Waals surface area contributed by atoms with Gasteiger partial charge in [-0.3, -0.25) is 0 Å². The number of hydrogen-bond acceptors (Lipinski definition) is 6. The van der Waals surface area contributed by atoms with Gasteiger partial charge in [-0.2, -0.15) is 13.2 Å². The summed E-state index contributed by atoms with van der Waals surface area (Å²) in [5.74, 6) is -0.306. The molecule has 0 unspecified atom stereocenters. The van der Waals surface area contributed by atoms with Crippen molar-refractivity contribution in [2.45, 2.75) is 22.2 Å². The monoisotopic (exact) mass is 422 g/mol. The quantitative estimate of drug-likeness (QED) is 0.437. The largest absolute Gasteiger partial charge is 0.446 e. The molecule has 3 aromatic rings. The van der Waals surface area contributed by atoms with Crippen LogP contribution in [0, 0.1) is 0 Å². The van der Waals surface area contributed by atoms with Gasteiger partial charge in [0.1, 0.15) is 16.4 Å². The number of hydrogen-bond donors (Lipinski definition) is 0. The van der Waals surface area contributed by atoms with Gasteiger partial charge in [0, 0.05) is 4.90 Å².